The van der Waals surface area contributed by atoms with Crippen LogP contribution in [0.15, 0.2) is 0 Å². The van der Waals surface area contributed by atoms with E-state index in [2.05, 4.69) is 15.6 Å². The summed E-state index contributed by atoms with van der Waals surface area (Å²) in [6.07, 6.45) is -1.44. The van der Waals surface area contributed by atoms with Crippen molar-refractivity contribution < 1.29 is 19.8 Å². The second kappa shape index (κ2) is 7.14. The SMILES string of the molecule is CN1CCN(NC(=O)NCC[C@H](O)C(=O)O)CC1. The summed E-state index contributed by atoms with van der Waals surface area (Å²) in [5, 5.41) is 21.8. The van der Waals surface area contributed by atoms with Crippen molar-refractivity contribution in [2.75, 3.05) is 39.8 Å². The molecule has 0 saturated carbocycles. The van der Waals surface area contributed by atoms with Gasteiger partial charge in [0, 0.05) is 39.1 Å². The highest BCUT2D eigenvalue weighted by Crippen LogP contribution is 1.95. The molecule has 0 bridgehead atoms. The predicted molar refractivity (Wildman–Crippen MR) is 63.9 cm³/mol. The zero-order valence-electron chi connectivity index (χ0n) is 10.4. The van der Waals surface area contributed by atoms with Crippen LogP contribution in [0.4, 0.5) is 4.79 Å². The molecular weight excluding hydrogens is 240 g/mol. The number of carboxylic acid groups (broad SMARTS) is 1. The molecule has 1 saturated heterocycles. The zero-order chi connectivity index (χ0) is 13.5. The number of amides is 2. The average Bonchev–Trinajstić information content (AvgIpc) is 2.32. The predicted octanol–water partition coefficient (Wildman–Crippen LogP) is -1.72. The van der Waals surface area contributed by atoms with Crippen LogP contribution in [-0.4, -0.2) is 78.0 Å². The molecule has 0 radical (unpaired) electrons. The van der Waals surface area contributed by atoms with Crippen LogP contribution in [0.5, 0.6) is 0 Å². The van der Waals surface area contributed by atoms with Crippen molar-refractivity contribution in [1.82, 2.24) is 20.7 Å². The number of hydrazine groups is 1. The second-order valence-corrected chi connectivity index (χ2v) is 4.30. The first-order valence-electron chi connectivity index (χ1n) is 5.88. The van der Waals surface area contributed by atoms with Crippen LogP contribution in [0.2, 0.25) is 0 Å². The zero-order valence-corrected chi connectivity index (χ0v) is 10.4. The lowest BCUT2D eigenvalue weighted by molar-refractivity contribution is -0.146. The highest BCUT2D eigenvalue weighted by molar-refractivity contribution is 5.74. The Labute approximate surface area is 106 Å². The molecule has 1 rings (SSSR count). The molecule has 0 aromatic carbocycles. The van der Waals surface area contributed by atoms with Gasteiger partial charge < -0.3 is 20.4 Å². The number of rotatable bonds is 5. The average molecular weight is 260 g/mol. The Kier molecular flexibility index (Phi) is 5.83. The number of urea groups is 1. The number of carbonyl (C=O) groups is 2. The Balaban J connectivity index is 2.12. The first-order valence-corrected chi connectivity index (χ1v) is 5.88. The monoisotopic (exact) mass is 260 g/mol. The maximum atomic E-state index is 11.4. The number of hydrogen-bond donors (Lipinski definition) is 4. The number of nitrogens with one attached hydrogen (secondary N) is 2. The normalized spacial score (nSPS) is 19.2. The van der Waals surface area contributed by atoms with Crippen molar-refractivity contribution in [2.45, 2.75) is 12.5 Å². The molecular formula is C10H20N4O4. The van der Waals surface area contributed by atoms with Gasteiger partial charge in [-0.15, -0.1) is 0 Å². The number of nitrogens with zero attached hydrogens (tertiary/aromatic N) is 2. The minimum absolute atomic E-state index is 0.00844. The summed E-state index contributed by atoms with van der Waals surface area (Å²) in [5.74, 6) is -1.28. The molecule has 0 aromatic rings. The van der Waals surface area contributed by atoms with Crippen LogP contribution in [0, 0.1) is 0 Å². The van der Waals surface area contributed by atoms with Crippen molar-refractivity contribution >= 4 is 12.0 Å². The maximum absolute atomic E-state index is 11.4. The summed E-state index contributed by atoms with van der Waals surface area (Å²) >= 11 is 0. The second-order valence-electron chi connectivity index (χ2n) is 4.30. The summed E-state index contributed by atoms with van der Waals surface area (Å²) < 4.78 is 0. The molecule has 18 heavy (non-hydrogen) atoms. The fourth-order valence-electron chi connectivity index (χ4n) is 1.55. The van der Waals surface area contributed by atoms with Gasteiger partial charge in [0.1, 0.15) is 0 Å². The number of aliphatic hydroxyl groups excluding tert-OH is 1. The maximum Gasteiger partial charge on any atom is 0.332 e. The van der Waals surface area contributed by atoms with Gasteiger partial charge in [-0.2, -0.15) is 0 Å². The summed E-state index contributed by atoms with van der Waals surface area (Å²) in [5.41, 5.74) is 2.67. The number of carboxylic acids is 1. The van der Waals surface area contributed by atoms with Crippen LogP contribution in [0.1, 0.15) is 6.42 Å². The molecule has 8 heteroatoms. The van der Waals surface area contributed by atoms with Gasteiger partial charge in [0.05, 0.1) is 0 Å². The molecule has 0 unspecified atom stereocenters. The van der Waals surface area contributed by atoms with E-state index in [1.54, 1.807) is 0 Å². The molecule has 2 amide bonds. The van der Waals surface area contributed by atoms with Gasteiger partial charge in [-0.25, -0.2) is 14.6 Å². The molecule has 1 fully saturated rings. The van der Waals surface area contributed by atoms with E-state index in [0.29, 0.717) is 0 Å². The molecule has 1 heterocycles. The number of carbonyl (C=O) groups excluding carboxylic acids is 1. The van der Waals surface area contributed by atoms with Gasteiger partial charge in [0.2, 0.25) is 0 Å². The topological polar surface area (TPSA) is 105 Å². The van der Waals surface area contributed by atoms with Gasteiger partial charge in [0.25, 0.3) is 0 Å². The number of aliphatic hydroxyl groups is 1. The molecule has 1 aliphatic heterocycles. The van der Waals surface area contributed by atoms with E-state index in [-0.39, 0.29) is 19.0 Å². The minimum atomic E-state index is -1.44. The smallest absolute Gasteiger partial charge is 0.332 e. The van der Waals surface area contributed by atoms with E-state index in [4.69, 9.17) is 10.2 Å². The van der Waals surface area contributed by atoms with Gasteiger partial charge in [-0.3, -0.25) is 5.43 Å². The molecule has 0 aliphatic carbocycles. The lowest BCUT2D eigenvalue weighted by Gasteiger charge is -2.32. The fourth-order valence-corrected chi connectivity index (χ4v) is 1.55. The Morgan fingerprint density at radius 3 is 2.44 bits per heavy atom. The first kappa shape index (κ1) is 14.7. The number of aliphatic carboxylic acids is 1. The first-order chi connectivity index (χ1) is 8.49. The number of hydrogen-bond acceptors (Lipinski definition) is 5. The van der Waals surface area contributed by atoms with Crippen LogP contribution < -0.4 is 10.7 Å². The van der Waals surface area contributed by atoms with Crippen molar-refractivity contribution in [3.63, 3.8) is 0 Å². The van der Waals surface area contributed by atoms with Crippen LogP contribution in [-0.2, 0) is 4.79 Å². The van der Waals surface area contributed by atoms with E-state index >= 15 is 0 Å². The Morgan fingerprint density at radius 1 is 1.28 bits per heavy atom. The number of piperazine rings is 1. The summed E-state index contributed by atoms with van der Waals surface area (Å²) in [7, 11) is 2.02. The van der Waals surface area contributed by atoms with Gasteiger partial charge in [0.15, 0.2) is 6.10 Å². The third-order valence-electron chi connectivity index (χ3n) is 2.75. The third-order valence-corrected chi connectivity index (χ3v) is 2.75. The van der Waals surface area contributed by atoms with E-state index in [0.717, 1.165) is 26.2 Å². The van der Waals surface area contributed by atoms with E-state index in [1.807, 2.05) is 12.1 Å². The van der Waals surface area contributed by atoms with Gasteiger partial charge in [-0.1, -0.05) is 0 Å². The van der Waals surface area contributed by atoms with Gasteiger partial charge >= 0.3 is 12.0 Å². The standard InChI is InChI=1S/C10H20N4O4/c1-13-4-6-14(7-5-13)12-10(18)11-3-2-8(15)9(16)17/h8,15H,2-7H2,1H3,(H,16,17)(H2,11,12,18)/t8-/m0/s1. The Morgan fingerprint density at radius 2 is 1.89 bits per heavy atom. The highest BCUT2D eigenvalue weighted by atomic mass is 16.4. The lowest BCUT2D eigenvalue weighted by Crippen LogP contribution is -2.55. The molecule has 104 valence electrons. The Hall–Kier alpha value is -1.38. The summed E-state index contributed by atoms with van der Waals surface area (Å²) in [6, 6.07) is -0.378. The van der Waals surface area contributed by atoms with E-state index in [9.17, 15) is 9.59 Å². The molecule has 4 N–H and O–H groups in total. The molecule has 1 aliphatic rings. The van der Waals surface area contributed by atoms with Crippen molar-refractivity contribution in [3.05, 3.63) is 0 Å². The largest absolute Gasteiger partial charge is 0.479 e. The minimum Gasteiger partial charge on any atom is -0.479 e. The molecule has 8 nitrogen and oxygen atoms in total. The fraction of sp³-hybridized carbons (Fsp3) is 0.800. The highest BCUT2D eigenvalue weighted by Gasteiger charge is 2.16. The van der Waals surface area contributed by atoms with Crippen molar-refractivity contribution in [2.24, 2.45) is 0 Å². The quantitative estimate of drug-likeness (QED) is 0.469. The van der Waals surface area contributed by atoms with E-state index < -0.39 is 12.1 Å². The molecule has 0 aromatic heterocycles. The van der Waals surface area contributed by atoms with Crippen LogP contribution in [0.3, 0.4) is 0 Å². The Bertz CT molecular complexity index is 292. The van der Waals surface area contributed by atoms with Crippen molar-refractivity contribution in [3.8, 4) is 0 Å². The molecule has 1 atom stereocenters. The van der Waals surface area contributed by atoms with Gasteiger partial charge in [-0.05, 0) is 7.05 Å². The molecule has 0 spiro atoms. The summed E-state index contributed by atoms with van der Waals surface area (Å²) in [6.45, 7) is 3.40. The summed E-state index contributed by atoms with van der Waals surface area (Å²) in [4.78, 5) is 23.9. The third kappa shape index (κ3) is 5.30. The lowest BCUT2D eigenvalue weighted by atomic mass is 10.2. The van der Waals surface area contributed by atoms with Crippen LogP contribution in [0.25, 0.3) is 0 Å². The van der Waals surface area contributed by atoms with Crippen molar-refractivity contribution in [1.29, 1.82) is 0 Å². The van der Waals surface area contributed by atoms with Crippen LogP contribution >= 0.6 is 0 Å². The van der Waals surface area contributed by atoms with E-state index in [1.165, 1.54) is 0 Å². The number of likely N-dealkylation sites (N-methyl/N-ethyl adjacent to an activating group) is 1.